The second-order valence-electron chi connectivity index (χ2n) is 6.73. The van der Waals surface area contributed by atoms with Crippen LogP contribution in [0.1, 0.15) is 42.9 Å². The molecular weight excluding hydrogens is 321 g/mol. The summed E-state index contributed by atoms with van der Waals surface area (Å²) in [7, 11) is 1.63. The minimum absolute atomic E-state index is 0.0179. The molecule has 1 amide bonds. The Morgan fingerprint density at radius 2 is 2.08 bits per heavy atom. The number of ether oxygens (including phenoxy) is 1. The second kappa shape index (κ2) is 7.83. The van der Waals surface area contributed by atoms with E-state index in [1.165, 1.54) is 12.1 Å². The first-order valence-electron chi connectivity index (χ1n) is 8.71. The van der Waals surface area contributed by atoms with Gasteiger partial charge in [-0.15, -0.1) is 0 Å². The Morgan fingerprint density at radius 3 is 2.64 bits per heavy atom. The van der Waals surface area contributed by atoms with Crippen molar-refractivity contribution in [3.05, 3.63) is 59.8 Å². The maximum atomic E-state index is 13.2. The molecule has 1 aliphatic carbocycles. The van der Waals surface area contributed by atoms with E-state index in [1.807, 2.05) is 12.1 Å². The molecule has 4 nitrogen and oxygen atoms in total. The van der Waals surface area contributed by atoms with Gasteiger partial charge in [-0.25, -0.2) is 4.39 Å². The van der Waals surface area contributed by atoms with Crippen molar-refractivity contribution >= 4 is 5.91 Å². The predicted octanol–water partition coefficient (Wildman–Crippen LogP) is 3.87. The van der Waals surface area contributed by atoms with Gasteiger partial charge in [0, 0.05) is 19.6 Å². The molecule has 0 radical (unpaired) electrons. The van der Waals surface area contributed by atoms with Crippen molar-refractivity contribution in [3.8, 4) is 0 Å². The highest BCUT2D eigenvalue weighted by atomic mass is 19.1. The third kappa shape index (κ3) is 3.93. The van der Waals surface area contributed by atoms with Crippen LogP contribution in [0.5, 0.6) is 0 Å². The fraction of sp³-hybridized carbons (Fsp3) is 0.450. The number of furan rings is 1. The molecule has 1 aromatic carbocycles. The Kier molecular flexibility index (Phi) is 5.53. The lowest BCUT2D eigenvalue weighted by molar-refractivity contribution is -0.140. The molecule has 0 aliphatic heterocycles. The summed E-state index contributed by atoms with van der Waals surface area (Å²) in [6.07, 6.45) is 5.15. The van der Waals surface area contributed by atoms with E-state index in [9.17, 15) is 9.18 Å². The highest BCUT2D eigenvalue weighted by Gasteiger charge is 2.43. The standard InChI is InChI=1S/C20H24FNO3/c1-24-14-20(10-3-11-20)19(23)22-12-9-17(18-4-2-13-25-18)15-5-7-16(21)8-6-15/h2,4-8,13,17H,3,9-12,14H2,1H3,(H,22,23). The molecule has 134 valence electrons. The minimum Gasteiger partial charge on any atom is -0.469 e. The molecular formula is C20H24FNO3. The van der Waals surface area contributed by atoms with Crippen LogP contribution in [0.2, 0.25) is 0 Å². The number of benzene rings is 1. The van der Waals surface area contributed by atoms with Crippen molar-refractivity contribution in [1.29, 1.82) is 0 Å². The largest absolute Gasteiger partial charge is 0.469 e. The summed E-state index contributed by atoms with van der Waals surface area (Å²) in [4.78, 5) is 12.5. The minimum atomic E-state index is -0.356. The molecule has 2 aromatic rings. The molecule has 25 heavy (non-hydrogen) atoms. The first-order chi connectivity index (χ1) is 12.1. The zero-order valence-corrected chi connectivity index (χ0v) is 14.5. The maximum absolute atomic E-state index is 13.2. The highest BCUT2D eigenvalue weighted by molar-refractivity contribution is 5.83. The molecule has 1 aromatic heterocycles. The third-order valence-corrected chi connectivity index (χ3v) is 5.09. The quantitative estimate of drug-likeness (QED) is 0.790. The van der Waals surface area contributed by atoms with Crippen LogP contribution in [-0.4, -0.2) is 26.2 Å². The lowest BCUT2D eigenvalue weighted by atomic mass is 9.68. The van der Waals surface area contributed by atoms with Crippen molar-refractivity contribution in [2.24, 2.45) is 5.41 Å². The summed E-state index contributed by atoms with van der Waals surface area (Å²) in [5.41, 5.74) is 0.617. The SMILES string of the molecule is COCC1(C(=O)NCCC(c2ccc(F)cc2)c2ccco2)CCC1. The summed E-state index contributed by atoms with van der Waals surface area (Å²) < 4.78 is 24.0. The van der Waals surface area contributed by atoms with E-state index >= 15 is 0 Å². The highest BCUT2D eigenvalue weighted by Crippen LogP contribution is 2.41. The first kappa shape index (κ1) is 17.7. The van der Waals surface area contributed by atoms with Gasteiger partial charge in [-0.2, -0.15) is 0 Å². The fourth-order valence-corrected chi connectivity index (χ4v) is 3.49. The lowest BCUT2D eigenvalue weighted by Gasteiger charge is -2.39. The van der Waals surface area contributed by atoms with Gasteiger partial charge in [-0.3, -0.25) is 4.79 Å². The summed E-state index contributed by atoms with van der Waals surface area (Å²) in [6.45, 7) is 1.01. The summed E-state index contributed by atoms with van der Waals surface area (Å²) in [5.74, 6) is 0.603. The zero-order chi connectivity index (χ0) is 17.7. The predicted molar refractivity (Wildman–Crippen MR) is 92.7 cm³/mol. The average molecular weight is 345 g/mol. The second-order valence-corrected chi connectivity index (χ2v) is 6.73. The summed E-state index contributed by atoms with van der Waals surface area (Å²) >= 11 is 0. The van der Waals surface area contributed by atoms with E-state index in [0.29, 0.717) is 19.6 Å². The van der Waals surface area contributed by atoms with E-state index in [4.69, 9.17) is 9.15 Å². The molecule has 5 heteroatoms. The van der Waals surface area contributed by atoms with E-state index in [0.717, 1.165) is 30.6 Å². The molecule has 1 N–H and O–H groups in total. The van der Waals surface area contributed by atoms with Gasteiger partial charge in [-0.05, 0) is 49.1 Å². The van der Waals surface area contributed by atoms with Crippen molar-refractivity contribution < 1.29 is 18.3 Å². The van der Waals surface area contributed by atoms with Crippen LogP contribution in [0.4, 0.5) is 4.39 Å². The van der Waals surface area contributed by atoms with Crippen molar-refractivity contribution in [3.63, 3.8) is 0 Å². The van der Waals surface area contributed by atoms with Crippen molar-refractivity contribution in [2.45, 2.75) is 31.6 Å². The fourth-order valence-electron chi connectivity index (χ4n) is 3.49. The Balaban J connectivity index is 1.63. The number of hydrogen-bond donors (Lipinski definition) is 1. The topological polar surface area (TPSA) is 51.5 Å². The number of carbonyl (C=O) groups excluding carboxylic acids is 1. The van der Waals surface area contributed by atoms with Gasteiger partial charge >= 0.3 is 0 Å². The van der Waals surface area contributed by atoms with E-state index < -0.39 is 0 Å². The van der Waals surface area contributed by atoms with Crippen LogP contribution >= 0.6 is 0 Å². The number of nitrogens with one attached hydrogen (secondary N) is 1. The van der Waals surface area contributed by atoms with Crippen molar-refractivity contribution in [2.75, 3.05) is 20.3 Å². The lowest BCUT2D eigenvalue weighted by Crippen LogP contribution is -2.48. The number of halogens is 1. The van der Waals surface area contributed by atoms with E-state index in [2.05, 4.69) is 5.32 Å². The molecule has 0 bridgehead atoms. The van der Waals surface area contributed by atoms with Crippen LogP contribution in [0.3, 0.4) is 0 Å². The number of rotatable bonds is 8. The molecule has 3 rings (SSSR count). The number of methoxy groups -OCH3 is 1. The zero-order valence-electron chi connectivity index (χ0n) is 14.5. The molecule has 1 saturated carbocycles. The molecule has 1 heterocycles. The molecule has 1 unspecified atom stereocenters. The van der Waals surface area contributed by atoms with Crippen molar-refractivity contribution in [1.82, 2.24) is 5.32 Å². The van der Waals surface area contributed by atoms with E-state index in [-0.39, 0.29) is 23.1 Å². The molecule has 1 fully saturated rings. The van der Waals surface area contributed by atoms with Crippen LogP contribution < -0.4 is 5.32 Å². The van der Waals surface area contributed by atoms with Crippen LogP contribution in [-0.2, 0) is 9.53 Å². The Bertz CT molecular complexity index is 677. The Morgan fingerprint density at radius 1 is 1.32 bits per heavy atom. The Labute approximate surface area is 147 Å². The smallest absolute Gasteiger partial charge is 0.228 e. The third-order valence-electron chi connectivity index (χ3n) is 5.09. The van der Waals surface area contributed by atoms with Crippen LogP contribution in [0.15, 0.2) is 47.1 Å². The maximum Gasteiger partial charge on any atom is 0.228 e. The van der Waals surface area contributed by atoms with Gasteiger partial charge in [0.1, 0.15) is 11.6 Å². The van der Waals surface area contributed by atoms with Gasteiger partial charge < -0.3 is 14.5 Å². The number of hydrogen-bond acceptors (Lipinski definition) is 3. The van der Waals surface area contributed by atoms with E-state index in [1.54, 1.807) is 25.5 Å². The molecule has 0 saturated heterocycles. The summed E-state index contributed by atoms with van der Waals surface area (Å²) in [5, 5.41) is 3.05. The van der Waals surface area contributed by atoms with Crippen LogP contribution in [0.25, 0.3) is 0 Å². The average Bonchev–Trinajstić information content (AvgIpc) is 3.10. The molecule has 1 atom stereocenters. The van der Waals surface area contributed by atoms with Gasteiger partial charge in [0.25, 0.3) is 0 Å². The normalized spacial score (nSPS) is 16.9. The van der Waals surface area contributed by atoms with Gasteiger partial charge in [-0.1, -0.05) is 18.6 Å². The number of carbonyl (C=O) groups is 1. The van der Waals surface area contributed by atoms with Gasteiger partial charge in [0.2, 0.25) is 5.91 Å². The number of amides is 1. The van der Waals surface area contributed by atoms with Gasteiger partial charge in [0.05, 0.1) is 18.3 Å². The Hall–Kier alpha value is -2.14. The first-order valence-corrected chi connectivity index (χ1v) is 8.71. The van der Waals surface area contributed by atoms with Crippen LogP contribution in [0, 0.1) is 11.2 Å². The van der Waals surface area contributed by atoms with Gasteiger partial charge in [0.15, 0.2) is 0 Å². The molecule has 0 spiro atoms. The monoisotopic (exact) mass is 345 g/mol. The summed E-state index contributed by atoms with van der Waals surface area (Å²) in [6, 6.07) is 10.2. The molecule has 1 aliphatic rings.